The van der Waals surface area contributed by atoms with Gasteiger partial charge in [0, 0.05) is 12.1 Å². The van der Waals surface area contributed by atoms with Crippen LogP contribution in [0.15, 0.2) is 24.3 Å². The smallest absolute Gasteiger partial charge is 0.0294 e. The quantitative estimate of drug-likeness (QED) is 0.753. The zero-order valence-corrected chi connectivity index (χ0v) is 14.1. The van der Waals surface area contributed by atoms with Crippen molar-refractivity contribution >= 4 is 0 Å². The summed E-state index contributed by atoms with van der Waals surface area (Å²) in [6.45, 7) is 6.79. The van der Waals surface area contributed by atoms with Crippen LogP contribution in [0, 0.1) is 6.92 Å². The number of aryl methyl sites for hydroxylation is 1. The molecule has 1 aromatic carbocycles. The van der Waals surface area contributed by atoms with Crippen LogP contribution in [-0.4, -0.2) is 31.1 Å². The van der Waals surface area contributed by atoms with Gasteiger partial charge in [0.1, 0.15) is 0 Å². The van der Waals surface area contributed by atoms with Crippen LogP contribution in [0.25, 0.3) is 0 Å². The van der Waals surface area contributed by atoms with E-state index >= 15 is 0 Å². The second-order valence-corrected chi connectivity index (χ2v) is 6.66. The van der Waals surface area contributed by atoms with Crippen molar-refractivity contribution < 1.29 is 0 Å². The average molecular weight is 288 g/mol. The van der Waals surface area contributed by atoms with Crippen molar-refractivity contribution in [1.82, 2.24) is 10.2 Å². The normalized spacial score (nSPS) is 18.1. The molecule has 0 amide bonds. The molecule has 2 heteroatoms. The van der Waals surface area contributed by atoms with E-state index in [9.17, 15) is 0 Å². The summed E-state index contributed by atoms with van der Waals surface area (Å²) in [7, 11) is 2.31. The number of nitrogens with zero attached hydrogens (tertiary/aromatic N) is 1. The molecule has 2 rings (SSSR count). The first kappa shape index (κ1) is 16.5. The van der Waals surface area contributed by atoms with Gasteiger partial charge >= 0.3 is 0 Å². The Morgan fingerprint density at radius 1 is 1.19 bits per heavy atom. The molecule has 1 fully saturated rings. The van der Waals surface area contributed by atoms with Crippen molar-refractivity contribution in [3.63, 3.8) is 0 Å². The summed E-state index contributed by atoms with van der Waals surface area (Å²) < 4.78 is 0. The monoisotopic (exact) mass is 288 g/mol. The van der Waals surface area contributed by atoms with Crippen LogP contribution in [-0.2, 0) is 0 Å². The lowest BCUT2D eigenvalue weighted by atomic mass is 9.94. The van der Waals surface area contributed by atoms with Crippen LogP contribution in [0.4, 0.5) is 0 Å². The van der Waals surface area contributed by atoms with E-state index in [1.54, 1.807) is 0 Å². The molecule has 0 radical (unpaired) electrons. The molecule has 0 aromatic heterocycles. The van der Waals surface area contributed by atoms with E-state index in [4.69, 9.17) is 0 Å². The predicted octanol–water partition coefficient (Wildman–Crippen LogP) is 4.30. The molecule has 1 saturated carbocycles. The van der Waals surface area contributed by atoms with Gasteiger partial charge in [0.25, 0.3) is 0 Å². The molecule has 1 atom stereocenters. The first-order chi connectivity index (χ1) is 10.2. The van der Waals surface area contributed by atoms with Gasteiger partial charge in [-0.05, 0) is 64.4 Å². The Kier molecular flexibility index (Phi) is 6.72. The maximum absolute atomic E-state index is 3.67. The van der Waals surface area contributed by atoms with Gasteiger partial charge in [0.15, 0.2) is 0 Å². The lowest BCUT2D eigenvalue weighted by molar-refractivity contribution is 0.189. The van der Waals surface area contributed by atoms with Gasteiger partial charge in [0.05, 0.1) is 0 Å². The zero-order chi connectivity index (χ0) is 15.1. The fourth-order valence-corrected chi connectivity index (χ4v) is 3.53. The van der Waals surface area contributed by atoms with Crippen LogP contribution in [0.3, 0.4) is 0 Å². The number of benzene rings is 1. The first-order valence-corrected chi connectivity index (χ1v) is 8.67. The van der Waals surface area contributed by atoms with Gasteiger partial charge in [-0.25, -0.2) is 0 Å². The van der Waals surface area contributed by atoms with Crippen LogP contribution >= 0.6 is 0 Å². The van der Waals surface area contributed by atoms with Crippen LogP contribution in [0.1, 0.15) is 62.6 Å². The van der Waals surface area contributed by atoms with E-state index in [0.717, 1.165) is 12.6 Å². The van der Waals surface area contributed by atoms with Crippen molar-refractivity contribution in [2.75, 3.05) is 20.1 Å². The Hall–Kier alpha value is -0.860. The van der Waals surface area contributed by atoms with E-state index in [0.29, 0.717) is 6.04 Å². The van der Waals surface area contributed by atoms with Crippen molar-refractivity contribution in [2.24, 2.45) is 0 Å². The average Bonchev–Trinajstić information content (AvgIpc) is 2.52. The third kappa shape index (κ3) is 5.12. The van der Waals surface area contributed by atoms with E-state index in [2.05, 4.69) is 55.4 Å². The highest BCUT2D eigenvalue weighted by molar-refractivity contribution is 5.28. The molecule has 1 aliphatic carbocycles. The first-order valence-electron chi connectivity index (χ1n) is 8.67. The van der Waals surface area contributed by atoms with E-state index in [1.807, 2.05) is 0 Å². The molecule has 1 N–H and O–H groups in total. The summed E-state index contributed by atoms with van der Waals surface area (Å²) in [5, 5.41) is 3.67. The maximum Gasteiger partial charge on any atom is 0.0294 e. The van der Waals surface area contributed by atoms with Crippen LogP contribution < -0.4 is 5.32 Å². The number of nitrogens with one attached hydrogen (secondary N) is 1. The Balaban J connectivity index is 1.66. The lowest BCUT2D eigenvalue weighted by Crippen LogP contribution is -2.35. The fourth-order valence-electron chi connectivity index (χ4n) is 3.53. The molecule has 21 heavy (non-hydrogen) atoms. The summed E-state index contributed by atoms with van der Waals surface area (Å²) in [5.74, 6) is 0. The zero-order valence-electron chi connectivity index (χ0n) is 14.1. The number of hydrogen-bond acceptors (Lipinski definition) is 2. The summed E-state index contributed by atoms with van der Waals surface area (Å²) >= 11 is 0. The highest BCUT2D eigenvalue weighted by Gasteiger charge is 2.17. The van der Waals surface area contributed by atoms with Crippen LogP contribution in [0.2, 0.25) is 0 Å². The lowest BCUT2D eigenvalue weighted by Gasteiger charge is -2.31. The molecule has 0 heterocycles. The van der Waals surface area contributed by atoms with E-state index in [-0.39, 0.29) is 0 Å². The molecule has 118 valence electrons. The molecule has 1 aliphatic rings. The highest BCUT2D eigenvalue weighted by Crippen LogP contribution is 2.21. The van der Waals surface area contributed by atoms with Gasteiger partial charge < -0.3 is 10.2 Å². The largest absolute Gasteiger partial charge is 0.310 e. The molecular weight excluding hydrogens is 256 g/mol. The predicted molar refractivity (Wildman–Crippen MR) is 91.7 cm³/mol. The van der Waals surface area contributed by atoms with Crippen molar-refractivity contribution in [2.45, 2.75) is 64.5 Å². The molecule has 1 unspecified atom stereocenters. The van der Waals surface area contributed by atoms with Gasteiger partial charge in [0.2, 0.25) is 0 Å². The van der Waals surface area contributed by atoms with E-state index < -0.39 is 0 Å². The summed E-state index contributed by atoms with van der Waals surface area (Å²) in [6.07, 6.45) is 8.35. The van der Waals surface area contributed by atoms with Crippen LogP contribution in [0.5, 0.6) is 0 Å². The van der Waals surface area contributed by atoms with E-state index in [1.165, 1.54) is 56.2 Å². The number of hydrogen-bond donors (Lipinski definition) is 1. The molecule has 0 spiro atoms. The Morgan fingerprint density at radius 3 is 2.62 bits per heavy atom. The molecule has 1 aromatic rings. The third-order valence-corrected chi connectivity index (χ3v) is 4.99. The summed E-state index contributed by atoms with van der Waals surface area (Å²) in [6, 6.07) is 9.98. The minimum atomic E-state index is 0.450. The highest BCUT2D eigenvalue weighted by atomic mass is 15.1. The SMILES string of the molecule is Cc1ccccc1C(C)NCCCN(C)C1CCCCC1. The van der Waals surface area contributed by atoms with Gasteiger partial charge in [-0.15, -0.1) is 0 Å². The summed E-state index contributed by atoms with van der Waals surface area (Å²) in [5.41, 5.74) is 2.81. The topological polar surface area (TPSA) is 15.3 Å². The Bertz CT molecular complexity index is 410. The van der Waals surface area contributed by atoms with Gasteiger partial charge in [-0.3, -0.25) is 0 Å². The summed E-state index contributed by atoms with van der Waals surface area (Å²) in [4.78, 5) is 2.58. The number of rotatable bonds is 7. The third-order valence-electron chi connectivity index (χ3n) is 4.99. The van der Waals surface area contributed by atoms with Crippen molar-refractivity contribution in [3.05, 3.63) is 35.4 Å². The molecule has 0 bridgehead atoms. The molecular formula is C19H32N2. The molecule has 0 aliphatic heterocycles. The standard InChI is InChI=1S/C19H32N2/c1-16-10-7-8-13-19(16)17(2)20-14-9-15-21(3)18-11-5-4-6-12-18/h7-8,10,13,17-18,20H,4-6,9,11-12,14-15H2,1-3H3. The van der Waals surface area contributed by atoms with Gasteiger partial charge in [-0.2, -0.15) is 0 Å². The molecule has 0 saturated heterocycles. The minimum Gasteiger partial charge on any atom is -0.310 e. The maximum atomic E-state index is 3.67. The fraction of sp³-hybridized carbons (Fsp3) is 0.684. The minimum absolute atomic E-state index is 0.450. The van der Waals surface area contributed by atoms with Crippen molar-refractivity contribution in [3.8, 4) is 0 Å². The Labute approximate surface area is 130 Å². The Morgan fingerprint density at radius 2 is 1.90 bits per heavy atom. The second kappa shape index (κ2) is 8.55. The molecule has 2 nitrogen and oxygen atoms in total. The van der Waals surface area contributed by atoms with Crippen molar-refractivity contribution in [1.29, 1.82) is 0 Å². The van der Waals surface area contributed by atoms with Gasteiger partial charge in [-0.1, -0.05) is 43.5 Å². The second-order valence-electron chi connectivity index (χ2n) is 6.66.